The maximum absolute atomic E-state index is 12.1. The van der Waals surface area contributed by atoms with Gasteiger partial charge in [0, 0.05) is 30.4 Å². The Kier molecular flexibility index (Phi) is 7.43. The summed E-state index contributed by atoms with van der Waals surface area (Å²) in [4.78, 5) is 16.3. The van der Waals surface area contributed by atoms with Crippen molar-refractivity contribution in [3.05, 3.63) is 22.3 Å². The number of carbonyl (C=O) groups excluding carboxylic acids is 1. The highest BCUT2D eigenvalue weighted by Gasteiger charge is 2.12. The summed E-state index contributed by atoms with van der Waals surface area (Å²) in [5.74, 6) is 0.464. The summed E-state index contributed by atoms with van der Waals surface area (Å²) in [5, 5.41) is 5.96. The maximum atomic E-state index is 12.1. The van der Waals surface area contributed by atoms with E-state index in [-0.39, 0.29) is 5.91 Å². The van der Waals surface area contributed by atoms with Gasteiger partial charge in [-0.3, -0.25) is 4.79 Å². The molecule has 0 aliphatic heterocycles. The van der Waals surface area contributed by atoms with E-state index in [1.807, 2.05) is 6.92 Å². The number of ether oxygens (including phenoxy) is 1. The lowest BCUT2D eigenvalue weighted by Gasteiger charge is -2.11. The number of aromatic nitrogens is 1. The first-order valence-corrected chi connectivity index (χ1v) is 7.23. The summed E-state index contributed by atoms with van der Waals surface area (Å²) in [6.07, 6.45) is 2.65. The Morgan fingerprint density at radius 1 is 1.42 bits per heavy atom. The van der Waals surface area contributed by atoms with E-state index in [1.165, 1.54) is 0 Å². The van der Waals surface area contributed by atoms with Gasteiger partial charge in [0.1, 0.15) is 5.82 Å². The van der Waals surface area contributed by atoms with Crippen molar-refractivity contribution in [2.24, 2.45) is 0 Å². The van der Waals surface area contributed by atoms with Crippen molar-refractivity contribution in [1.29, 1.82) is 0 Å². The molecule has 1 heterocycles. The van der Waals surface area contributed by atoms with Crippen LogP contribution in [0.15, 0.2) is 16.7 Å². The molecule has 2 N–H and O–H groups in total. The second-order valence-corrected chi connectivity index (χ2v) is 4.84. The molecule has 0 aliphatic rings. The van der Waals surface area contributed by atoms with Crippen LogP contribution in [0.2, 0.25) is 0 Å². The Hall–Kier alpha value is -1.14. The molecule has 1 rings (SSSR count). The van der Waals surface area contributed by atoms with Crippen molar-refractivity contribution >= 4 is 27.7 Å². The van der Waals surface area contributed by atoms with Crippen LogP contribution >= 0.6 is 15.9 Å². The molecule has 5 nitrogen and oxygen atoms in total. The molecule has 106 valence electrons. The summed E-state index contributed by atoms with van der Waals surface area (Å²) in [6.45, 7) is 6.43. The number of carbonyl (C=O) groups is 1. The highest BCUT2D eigenvalue weighted by atomic mass is 79.9. The van der Waals surface area contributed by atoms with Gasteiger partial charge in [-0.25, -0.2) is 4.98 Å². The van der Waals surface area contributed by atoms with Crippen LogP contribution in [-0.2, 0) is 4.74 Å². The average Bonchev–Trinajstić information content (AvgIpc) is 2.42. The molecule has 1 aromatic heterocycles. The van der Waals surface area contributed by atoms with Gasteiger partial charge >= 0.3 is 0 Å². The van der Waals surface area contributed by atoms with Gasteiger partial charge in [-0.2, -0.15) is 0 Å². The van der Waals surface area contributed by atoms with Crippen molar-refractivity contribution in [2.75, 3.05) is 31.6 Å². The molecule has 0 saturated heterocycles. The van der Waals surface area contributed by atoms with Crippen LogP contribution in [-0.4, -0.2) is 37.2 Å². The fourth-order valence-corrected chi connectivity index (χ4v) is 1.80. The second kappa shape index (κ2) is 8.87. The molecule has 0 aliphatic carbocycles. The van der Waals surface area contributed by atoms with Crippen LogP contribution in [0.3, 0.4) is 0 Å². The first-order valence-electron chi connectivity index (χ1n) is 6.44. The van der Waals surface area contributed by atoms with Crippen LogP contribution in [0.25, 0.3) is 0 Å². The zero-order valence-electron chi connectivity index (χ0n) is 11.3. The minimum Gasteiger partial charge on any atom is -0.380 e. The number of pyridine rings is 1. The lowest BCUT2D eigenvalue weighted by molar-refractivity contribution is 0.0923. The van der Waals surface area contributed by atoms with Gasteiger partial charge in [-0.1, -0.05) is 6.92 Å². The minimum atomic E-state index is -0.146. The fraction of sp³-hybridized carbons (Fsp3) is 0.538. The molecule has 1 aromatic rings. The van der Waals surface area contributed by atoms with Crippen molar-refractivity contribution in [3.63, 3.8) is 0 Å². The summed E-state index contributed by atoms with van der Waals surface area (Å²) < 4.78 is 5.97. The molecule has 0 radical (unpaired) electrons. The number of hydrogen-bond acceptors (Lipinski definition) is 4. The Bertz CT molecular complexity index is 413. The Morgan fingerprint density at radius 3 is 2.89 bits per heavy atom. The third-order valence-corrected chi connectivity index (χ3v) is 2.81. The van der Waals surface area contributed by atoms with Crippen molar-refractivity contribution in [2.45, 2.75) is 20.3 Å². The number of halogens is 1. The van der Waals surface area contributed by atoms with Crippen molar-refractivity contribution in [3.8, 4) is 0 Å². The molecule has 0 bridgehead atoms. The van der Waals surface area contributed by atoms with Crippen LogP contribution in [0.5, 0.6) is 0 Å². The predicted octanol–water partition coefficient (Wildman–Crippen LogP) is 2.43. The maximum Gasteiger partial charge on any atom is 0.255 e. The molecular formula is C13H20BrN3O2. The fourth-order valence-electron chi connectivity index (χ4n) is 1.47. The van der Waals surface area contributed by atoms with E-state index >= 15 is 0 Å². The largest absolute Gasteiger partial charge is 0.380 e. The molecule has 1 amide bonds. The van der Waals surface area contributed by atoms with E-state index in [0.29, 0.717) is 31.1 Å². The van der Waals surface area contributed by atoms with E-state index in [0.717, 1.165) is 17.4 Å². The SMILES string of the molecule is CCCNc1ncc(Br)cc1C(=O)NCCOCC. The smallest absolute Gasteiger partial charge is 0.255 e. The molecule has 0 unspecified atom stereocenters. The Labute approximate surface area is 122 Å². The van der Waals surface area contributed by atoms with Crippen molar-refractivity contribution < 1.29 is 9.53 Å². The van der Waals surface area contributed by atoms with E-state index in [2.05, 4.69) is 38.5 Å². The molecule has 0 spiro atoms. The number of rotatable bonds is 8. The van der Waals surface area contributed by atoms with Crippen LogP contribution < -0.4 is 10.6 Å². The predicted molar refractivity (Wildman–Crippen MR) is 79.5 cm³/mol. The third kappa shape index (κ3) is 5.57. The highest BCUT2D eigenvalue weighted by Crippen LogP contribution is 2.17. The molecule has 0 fully saturated rings. The van der Waals surface area contributed by atoms with Crippen molar-refractivity contribution in [1.82, 2.24) is 10.3 Å². The Morgan fingerprint density at radius 2 is 2.21 bits per heavy atom. The zero-order valence-corrected chi connectivity index (χ0v) is 12.9. The van der Waals surface area contributed by atoms with Gasteiger partial charge in [0.15, 0.2) is 0 Å². The summed E-state index contributed by atoms with van der Waals surface area (Å²) in [5.41, 5.74) is 0.541. The number of hydrogen-bond donors (Lipinski definition) is 2. The van der Waals surface area contributed by atoms with Gasteiger partial charge in [0.05, 0.1) is 12.2 Å². The quantitative estimate of drug-likeness (QED) is 0.719. The lowest BCUT2D eigenvalue weighted by atomic mass is 10.2. The normalized spacial score (nSPS) is 10.3. The van der Waals surface area contributed by atoms with Gasteiger partial charge < -0.3 is 15.4 Å². The molecule has 19 heavy (non-hydrogen) atoms. The summed E-state index contributed by atoms with van der Waals surface area (Å²) in [6, 6.07) is 1.76. The van der Waals surface area contributed by atoms with Crippen LogP contribution in [0.1, 0.15) is 30.6 Å². The number of amides is 1. The van der Waals surface area contributed by atoms with Crippen LogP contribution in [0, 0.1) is 0 Å². The molecule has 0 aromatic carbocycles. The van der Waals surface area contributed by atoms with Gasteiger partial charge in [-0.05, 0) is 35.3 Å². The highest BCUT2D eigenvalue weighted by molar-refractivity contribution is 9.10. The number of nitrogens with zero attached hydrogens (tertiary/aromatic N) is 1. The monoisotopic (exact) mass is 329 g/mol. The summed E-state index contributed by atoms with van der Waals surface area (Å²) >= 11 is 3.33. The minimum absolute atomic E-state index is 0.146. The molecule has 6 heteroatoms. The number of anilines is 1. The number of nitrogens with one attached hydrogen (secondary N) is 2. The van der Waals surface area contributed by atoms with Crippen LogP contribution in [0.4, 0.5) is 5.82 Å². The van der Waals surface area contributed by atoms with E-state index in [1.54, 1.807) is 12.3 Å². The van der Waals surface area contributed by atoms with Gasteiger partial charge in [-0.15, -0.1) is 0 Å². The second-order valence-electron chi connectivity index (χ2n) is 3.93. The van der Waals surface area contributed by atoms with Gasteiger partial charge in [0.2, 0.25) is 0 Å². The topological polar surface area (TPSA) is 63.2 Å². The van der Waals surface area contributed by atoms with Gasteiger partial charge in [0.25, 0.3) is 5.91 Å². The first kappa shape index (κ1) is 15.9. The van der Waals surface area contributed by atoms with E-state index in [9.17, 15) is 4.79 Å². The molecular weight excluding hydrogens is 310 g/mol. The standard InChI is InChI=1S/C13H20BrN3O2/c1-3-5-15-12-11(8-10(14)9-17-12)13(18)16-6-7-19-4-2/h8-9H,3-7H2,1-2H3,(H,15,17)(H,16,18). The third-order valence-electron chi connectivity index (χ3n) is 2.38. The molecule has 0 atom stereocenters. The molecule has 0 saturated carbocycles. The summed E-state index contributed by atoms with van der Waals surface area (Å²) in [7, 11) is 0. The average molecular weight is 330 g/mol. The van der Waals surface area contributed by atoms with E-state index < -0.39 is 0 Å². The Balaban J connectivity index is 2.67. The zero-order chi connectivity index (χ0) is 14.1. The van der Waals surface area contributed by atoms with E-state index in [4.69, 9.17) is 4.74 Å². The first-order chi connectivity index (χ1) is 9.19. The lowest BCUT2D eigenvalue weighted by Crippen LogP contribution is -2.28.